The van der Waals surface area contributed by atoms with Crippen LogP contribution in [0.25, 0.3) is 11.3 Å². The van der Waals surface area contributed by atoms with E-state index in [9.17, 15) is 4.79 Å². The molecule has 3 aromatic carbocycles. The number of ether oxygens (including phenoxy) is 1. The van der Waals surface area contributed by atoms with E-state index in [-0.39, 0.29) is 0 Å². The van der Waals surface area contributed by atoms with Crippen LogP contribution >= 0.6 is 23.1 Å². The van der Waals surface area contributed by atoms with Crippen LogP contribution in [0.1, 0.15) is 71.9 Å². The molecule has 0 aliphatic carbocycles. The fraction of sp³-hybridized carbons (Fsp3) is 0.290. The maximum Gasteiger partial charge on any atom is 0.335 e. The van der Waals surface area contributed by atoms with E-state index >= 15 is 0 Å². The van der Waals surface area contributed by atoms with Gasteiger partial charge in [-0.25, -0.2) is 9.78 Å². The van der Waals surface area contributed by atoms with Crippen molar-refractivity contribution in [3.05, 3.63) is 99.9 Å². The number of hydrogen-bond donors (Lipinski definition) is 1. The number of carboxylic acid groups (broad SMARTS) is 1. The Morgan fingerprint density at radius 1 is 0.946 bits per heavy atom. The summed E-state index contributed by atoms with van der Waals surface area (Å²) in [6.45, 7) is 5.07. The molecule has 0 radical (unpaired) electrons. The van der Waals surface area contributed by atoms with Crippen molar-refractivity contribution in [2.45, 2.75) is 62.7 Å². The van der Waals surface area contributed by atoms with Crippen molar-refractivity contribution in [2.75, 3.05) is 0 Å². The van der Waals surface area contributed by atoms with E-state index in [0.29, 0.717) is 18.1 Å². The normalized spacial score (nSPS) is 11.1. The molecule has 192 valence electrons. The van der Waals surface area contributed by atoms with E-state index in [1.54, 1.807) is 35.2 Å². The number of aromatic carboxylic acids is 1. The Labute approximate surface area is 227 Å². The summed E-state index contributed by atoms with van der Waals surface area (Å²) in [5.74, 6) is 1.34. The zero-order valence-corrected chi connectivity index (χ0v) is 23.0. The molecular formula is C31H33NO3S2. The molecule has 0 unspecified atom stereocenters. The first-order valence-electron chi connectivity index (χ1n) is 12.8. The van der Waals surface area contributed by atoms with Gasteiger partial charge in [0.1, 0.15) is 17.4 Å². The van der Waals surface area contributed by atoms with Gasteiger partial charge in [0.15, 0.2) is 0 Å². The van der Waals surface area contributed by atoms with E-state index in [0.717, 1.165) is 32.7 Å². The van der Waals surface area contributed by atoms with Gasteiger partial charge in [-0.1, -0.05) is 51.0 Å². The van der Waals surface area contributed by atoms with Crippen LogP contribution in [-0.2, 0) is 12.4 Å². The lowest BCUT2D eigenvalue weighted by atomic mass is 9.90. The van der Waals surface area contributed by atoms with Gasteiger partial charge in [0.25, 0.3) is 0 Å². The highest BCUT2D eigenvalue weighted by atomic mass is 32.2. The number of thioether (sulfide) groups is 1. The summed E-state index contributed by atoms with van der Waals surface area (Å²) < 4.78 is 6.04. The van der Waals surface area contributed by atoms with Gasteiger partial charge in [0.05, 0.1) is 17.0 Å². The molecular weight excluding hydrogens is 498 g/mol. The predicted molar refractivity (Wildman–Crippen MR) is 154 cm³/mol. The van der Waals surface area contributed by atoms with E-state index in [1.807, 2.05) is 24.3 Å². The smallest absolute Gasteiger partial charge is 0.335 e. The zero-order valence-electron chi connectivity index (χ0n) is 21.4. The van der Waals surface area contributed by atoms with Gasteiger partial charge >= 0.3 is 5.97 Å². The van der Waals surface area contributed by atoms with Crippen LogP contribution in [0.4, 0.5) is 0 Å². The molecule has 4 aromatic rings. The largest absolute Gasteiger partial charge is 0.489 e. The van der Waals surface area contributed by atoms with Crippen molar-refractivity contribution in [1.29, 1.82) is 0 Å². The molecule has 0 aliphatic rings. The minimum atomic E-state index is -0.908. The molecule has 1 heterocycles. The molecule has 0 fully saturated rings. The van der Waals surface area contributed by atoms with Crippen molar-refractivity contribution in [1.82, 2.24) is 4.98 Å². The molecule has 0 amide bonds. The second-order valence-corrected chi connectivity index (χ2v) is 11.1. The van der Waals surface area contributed by atoms with Gasteiger partial charge in [-0.2, -0.15) is 0 Å². The summed E-state index contributed by atoms with van der Waals surface area (Å²) in [5.41, 5.74) is 4.94. The number of thiazole rings is 1. The second kappa shape index (κ2) is 13.5. The van der Waals surface area contributed by atoms with E-state index in [4.69, 9.17) is 14.8 Å². The van der Waals surface area contributed by atoms with Gasteiger partial charge in [0.2, 0.25) is 0 Å². The molecule has 0 bridgehead atoms. The van der Waals surface area contributed by atoms with Crippen LogP contribution in [0.5, 0.6) is 5.75 Å². The molecule has 4 rings (SSSR count). The molecule has 6 heteroatoms. The Hall–Kier alpha value is -3.09. The molecule has 4 nitrogen and oxygen atoms in total. The van der Waals surface area contributed by atoms with Crippen molar-refractivity contribution < 1.29 is 14.6 Å². The summed E-state index contributed by atoms with van der Waals surface area (Å²) in [5, 5.41) is 12.1. The minimum absolute atomic E-state index is 0.300. The van der Waals surface area contributed by atoms with Crippen molar-refractivity contribution in [3.8, 4) is 17.0 Å². The highest BCUT2D eigenvalue weighted by Crippen LogP contribution is 2.30. The van der Waals surface area contributed by atoms with Crippen LogP contribution in [0, 0.1) is 0 Å². The lowest BCUT2D eigenvalue weighted by Gasteiger charge is -2.16. The standard InChI is InChI=1S/C31H33NO3S2/c1-3-5-23(6-4-2)24-9-7-22(8-10-24)19-35-27-15-11-25(12-16-27)29-20-37-30(32-29)21-36-28-17-13-26(14-18-28)31(33)34/h7-18,20,23H,3-6,19,21H2,1-2H3,(H,33,34). The zero-order chi connectivity index (χ0) is 26.0. The third kappa shape index (κ3) is 7.70. The number of carboxylic acids is 1. The third-order valence-corrected chi connectivity index (χ3v) is 8.35. The second-order valence-electron chi connectivity index (χ2n) is 9.07. The van der Waals surface area contributed by atoms with Gasteiger partial charge < -0.3 is 9.84 Å². The molecule has 0 atom stereocenters. The van der Waals surface area contributed by atoms with Crippen LogP contribution in [0.15, 0.2) is 83.1 Å². The SMILES string of the molecule is CCCC(CCC)c1ccc(COc2ccc(-c3csc(CSc4ccc(C(=O)O)cc4)n3)cc2)cc1. The fourth-order valence-electron chi connectivity index (χ4n) is 4.30. The first-order chi connectivity index (χ1) is 18.1. The molecule has 1 aromatic heterocycles. The average Bonchev–Trinajstić information content (AvgIpc) is 3.40. The first-order valence-corrected chi connectivity index (χ1v) is 14.6. The molecule has 1 N–H and O–H groups in total. The van der Waals surface area contributed by atoms with E-state index in [1.165, 1.54) is 36.8 Å². The number of rotatable bonds is 13. The third-order valence-electron chi connectivity index (χ3n) is 6.30. The lowest BCUT2D eigenvalue weighted by molar-refractivity contribution is 0.0697. The average molecular weight is 532 g/mol. The van der Waals surface area contributed by atoms with Crippen molar-refractivity contribution >= 4 is 29.1 Å². The topological polar surface area (TPSA) is 59.4 Å². The highest BCUT2D eigenvalue weighted by Gasteiger charge is 2.10. The Bertz CT molecular complexity index is 1260. The molecule has 0 saturated carbocycles. The summed E-state index contributed by atoms with van der Waals surface area (Å²) >= 11 is 3.29. The summed E-state index contributed by atoms with van der Waals surface area (Å²) in [4.78, 5) is 16.8. The number of carbonyl (C=O) groups is 1. The van der Waals surface area contributed by atoms with Gasteiger partial charge in [-0.05, 0) is 78.4 Å². The number of benzene rings is 3. The monoisotopic (exact) mass is 531 g/mol. The lowest BCUT2D eigenvalue weighted by Crippen LogP contribution is -2.00. The Kier molecular flexibility index (Phi) is 9.80. The number of nitrogens with zero attached hydrogens (tertiary/aromatic N) is 1. The van der Waals surface area contributed by atoms with Crippen molar-refractivity contribution in [2.24, 2.45) is 0 Å². The Morgan fingerprint density at radius 3 is 2.24 bits per heavy atom. The fourth-order valence-corrected chi connectivity index (χ4v) is 6.02. The highest BCUT2D eigenvalue weighted by molar-refractivity contribution is 7.98. The van der Waals surface area contributed by atoms with Crippen LogP contribution in [0.2, 0.25) is 0 Å². The van der Waals surface area contributed by atoms with E-state index < -0.39 is 5.97 Å². The Balaban J connectivity index is 1.29. The number of aromatic nitrogens is 1. The first kappa shape index (κ1) is 27.0. The summed E-state index contributed by atoms with van der Waals surface area (Å²) in [6, 6.07) is 24.0. The minimum Gasteiger partial charge on any atom is -0.489 e. The van der Waals surface area contributed by atoms with Crippen LogP contribution < -0.4 is 4.74 Å². The van der Waals surface area contributed by atoms with Gasteiger partial charge in [0, 0.05) is 15.8 Å². The summed E-state index contributed by atoms with van der Waals surface area (Å²) in [7, 11) is 0. The van der Waals surface area contributed by atoms with Gasteiger partial charge in [-0.3, -0.25) is 0 Å². The Morgan fingerprint density at radius 2 is 1.62 bits per heavy atom. The molecule has 37 heavy (non-hydrogen) atoms. The number of hydrogen-bond acceptors (Lipinski definition) is 5. The van der Waals surface area contributed by atoms with Crippen LogP contribution in [-0.4, -0.2) is 16.1 Å². The van der Waals surface area contributed by atoms with Gasteiger partial charge in [-0.15, -0.1) is 23.1 Å². The molecule has 0 saturated heterocycles. The van der Waals surface area contributed by atoms with E-state index in [2.05, 4.69) is 55.6 Å². The maximum atomic E-state index is 11.0. The maximum absolute atomic E-state index is 11.0. The van der Waals surface area contributed by atoms with Crippen LogP contribution in [0.3, 0.4) is 0 Å². The molecule has 0 spiro atoms. The predicted octanol–water partition coefficient (Wildman–Crippen LogP) is 9.06. The quantitative estimate of drug-likeness (QED) is 0.174. The van der Waals surface area contributed by atoms with Crippen molar-refractivity contribution in [3.63, 3.8) is 0 Å². The molecule has 0 aliphatic heterocycles. The summed E-state index contributed by atoms with van der Waals surface area (Å²) in [6.07, 6.45) is 4.93.